The predicted molar refractivity (Wildman–Crippen MR) is 92.2 cm³/mol. The predicted octanol–water partition coefficient (Wildman–Crippen LogP) is 5.02. The molecule has 0 saturated carbocycles. The van der Waals surface area contributed by atoms with Crippen LogP contribution in [0.4, 0.5) is 5.69 Å². The van der Waals surface area contributed by atoms with Gasteiger partial charge in [-0.1, -0.05) is 35.3 Å². The topological polar surface area (TPSA) is 30.5 Å². The van der Waals surface area contributed by atoms with Crippen molar-refractivity contribution < 1.29 is 9.47 Å². The van der Waals surface area contributed by atoms with Gasteiger partial charge in [0.2, 0.25) is 0 Å². The number of hydrogen-bond acceptors (Lipinski definition) is 3. The van der Waals surface area contributed by atoms with E-state index >= 15 is 0 Å². The Morgan fingerprint density at radius 3 is 2.45 bits per heavy atom. The number of anilines is 1. The van der Waals surface area contributed by atoms with Crippen molar-refractivity contribution in [3.05, 3.63) is 58.1 Å². The van der Waals surface area contributed by atoms with E-state index in [1.165, 1.54) is 0 Å². The molecule has 118 valence electrons. The zero-order valence-corrected chi connectivity index (χ0v) is 14.0. The normalized spacial score (nSPS) is 10.5. The summed E-state index contributed by atoms with van der Waals surface area (Å²) >= 11 is 12.0. The largest absolute Gasteiger partial charge is 0.491 e. The Morgan fingerprint density at radius 2 is 1.77 bits per heavy atom. The highest BCUT2D eigenvalue weighted by atomic mass is 35.5. The van der Waals surface area contributed by atoms with Gasteiger partial charge in [-0.05, 0) is 42.8 Å². The van der Waals surface area contributed by atoms with Crippen LogP contribution in [0.25, 0.3) is 0 Å². The summed E-state index contributed by atoms with van der Waals surface area (Å²) in [4.78, 5) is 0. The van der Waals surface area contributed by atoms with Crippen LogP contribution in [0, 0.1) is 0 Å². The molecular formula is C17H19Cl2NO2. The van der Waals surface area contributed by atoms with Crippen LogP contribution < -0.4 is 10.1 Å². The summed E-state index contributed by atoms with van der Waals surface area (Å²) in [5, 5.41) is 4.53. The molecule has 0 aliphatic heterocycles. The van der Waals surface area contributed by atoms with Crippen LogP contribution >= 0.6 is 23.2 Å². The Labute approximate surface area is 141 Å². The van der Waals surface area contributed by atoms with Crippen molar-refractivity contribution in [2.24, 2.45) is 0 Å². The average molecular weight is 340 g/mol. The van der Waals surface area contributed by atoms with Crippen molar-refractivity contribution in [2.75, 3.05) is 25.1 Å². The molecule has 0 heterocycles. The number of benzene rings is 2. The van der Waals surface area contributed by atoms with Crippen molar-refractivity contribution in [1.82, 2.24) is 0 Å². The second kappa shape index (κ2) is 8.89. The minimum absolute atomic E-state index is 0.561. The fourth-order valence-electron chi connectivity index (χ4n) is 1.90. The zero-order valence-electron chi connectivity index (χ0n) is 12.4. The van der Waals surface area contributed by atoms with E-state index in [9.17, 15) is 0 Å². The van der Waals surface area contributed by atoms with Crippen molar-refractivity contribution in [3.8, 4) is 5.75 Å². The third-order valence-corrected chi connectivity index (χ3v) is 3.59. The first kappa shape index (κ1) is 16.9. The monoisotopic (exact) mass is 339 g/mol. The number of rotatable bonds is 8. The van der Waals surface area contributed by atoms with Crippen molar-refractivity contribution in [3.63, 3.8) is 0 Å². The van der Waals surface area contributed by atoms with Gasteiger partial charge in [-0.25, -0.2) is 0 Å². The highest BCUT2D eigenvalue weighted by molar-refractivity contribution is 6.36. The molecule has 22 heavy (non-hydrogen) atoms. The number of halogens is 2. The van der Waals surface area contributed by atoms with Crippen LogP contribution in [0.1, 0.15) is 12.5 Å². The Kier molecular flexibility index (Phi) is 6.84. The molecule has 0 radical (unpaired) electrons. The van der Waals surface area contributed by atoms with E-state index < -0.39 is 0 Å². The van der Waals surface area contributed by atoms with E-state index in [0.29, 0.717) is 36.4 Å². The van der Waals surface area contributed by atoms with Crippen molar-refractivity contribution >= 4 is 28.9 Å². The highest BCUT2D eigenvalue weighted by Crippen LogP contribution is 2.25. The molecule has 2 aromatic carbocycles. The van der Waals surface area contributed by atoms with E-state index in [0.717, 1.165) is 17.0 Å². The molecule has 0 saturated heterocycles. The third kappa shape index (κ3) is 5.41. The fourth-order valence-corrected chi connectivity index (χ4v) is 2.37. The van der Waals surface area contributed by atoms with Gasteiger partial charge >= 0.3 is 0 Å². The second-order valence-electron chi connectivity index (χ2n) is 4.67. The molecular weight excluding hydrogens is 321 g/mol. The first-order chi connectivity index (χ1) is 10.7. The van der Waals surface area contributed by atoms with Crippen LogP contribution in [0.5, 0.6) is 5.75 Å². The maximum Gasteiger partial charge on any atom is 0.119 e. The molecule has 0 aliphatic carbocycles. The van der Waals surface area contributed by atoms with E-state index in [2.05, 4.69) is 5.32 Å². The van der Waals surface area contributed by atoms with Gasteiger partial charge in [-0.3, -0.25) is 0 Å². The van der Waals surface area contributed by atoms with Gasteiger partial charge in [0.15, 0.2) is 0 Å². The van der Waals surface area contributed by atoms with Crippen LogP contribution in [0.15, 0.2) is 42.5 Å². The molecule has 2 rings (SSSR count). The molecule has 0 bridgehead atoms. The summed E-state index contributed by atoms with van der Waals surface area (Å²) in [6.07, 6.45) is 0. The molecule has 3 nitrogen and oxygen atoms in total. The SMILES string of the molecule is CCOCCOc1ccc(CNc2ccc(Cl)cc2Cl)cc1. The van der Waals surface area contributed by atoms with Crippen LogP contribution in [-0.2, 0) is 11.3 Å². The fraction of sp³-hybridized carbons (Fsp3) is 0.294. The van der Waals surface area contributed by atoms with Gasteiger partial charge in [-0.15, -0.1) is 0 Å². The summed E-state index contributed by atoms with van der Waals surface area (Å²) in [6, 6.07) is 13.3. The Morgan fingerprint density at radius 1 is 1.00 bits per heavy atom. The van der Waals surface area contributed by atoms with Crippen molar-refractivity contribution in [1.29, 1.82) is 0 Å². The molecule has 0 fully saturated rings. The number of hydrogen-bond donors (Lipinski definition) is 1. The third-order valence-electron chi connectivity index (χ3n) is 3.04. The molecule has 0 unspecified atom stereocenters. The smallest absolute Gasteiger partial charge is 0.119 e. The van der Waals surface area contributed by atoms with Crippen LogP contribution in [0.3, 0.4) is 0 Å². The summed E-state index contributed by atoms with van der Waals surface area (Å²) < 4.78 is 10.8. The second-order valence-corrected chi connectivity index (χ2v) is 5.51. The Balaban J connectivity index is 1.83. The molecule has 2 aromatic rings. The molecule has 0 atom stereocenters. The summed E-state index contributed by atoms with van der Waals surface area (Å²) in [6.45, 7) is 4.53. The van der Waals surface area contributed by atoms with Crippen molar-refractivity contribution in [2.45, 2.75) is 13.5 Å². The van der Waals surface area contributed by atoms with Gasteiger partial charge in [0, 0.05) is 18.2 Å². The summed E-state index contributed by atoms with van der Waals surface area (Å²) in [5.41, 5.74) is 2.01. The molecule has 1 N–H and O–H groups in total. The molecule has 0 aliphatic rings. The summed E-state index contributed by atoms with van der Waals surface area (Å²) in [7, 11) is 0. The standard InChI is InChI=1S/C17H19Cl2NO2/c1-2-21-9-10-22-15-6-3-13(4-7-15)12-20-17-8-5-14(18)11-16(17)19/h3-8,11,20H,2,9-10,12H2,1H3. The minimum Gasteiger partial charge on any atom is -0.491 e. The van der Waals surface area contributed by atoms with Gasteiger partial charge in [0.1, 0.15) is 12.4 Å². The maximum absolute atomic E-state index is 6.13. The molecule has 0 aromatic heterocycles. The Hall–Kier alpha value is -1.42. The Bertz CT molecular complexity index is 588. The lowest BCUT2D eigenvalue weighted by Crippen LogP contribution is -2.06. The lowest BCUT2D eigenvalue weighted by molar-refractivity contribution is 0.110. The van der Waals surface area contributed by atoms with Crippen LogP contribution in [-0.4, -0.2) is 19.8 Å². The molecule has 0 spiro atoms. The molecule has 5 heteroatoms. The quantitative estimate of drug-likeness (QED) is 0.685. The zero-order chi connectivity index (χ0) is 15.8. The minimum atomic E-state index is 0.561. The van der Waals surface area contributed by atoms with E-state index in [1.54, 1.807) is 6.07 Å². The van der Waals surface area contributed by atoms with Crippen LogP contribution in [0.2, 0.25) is 10.0 Å². The number of ether oxygens (including phenoxy) is 2. The van der Waals surface area contributed by atoms with E-state index in [1.807, 2.05) is 43.3 Å². The summed E-state index contributed by atoms with van der Waals surface area (Å²) in [5.74, 6) is 0.841. The average Bonchev–Trinajstić information content (AvgIpc) is 2.52. The van der Waals surface area contributed by atoms with Gasteiger partial charge in [0.05, 0.1) is 17.3 Å². The number of nitrogens with one attached hydrogen (secondary N) is 1. The van der Waals surface area contributed by atoms with Gasteiger partial charge in [0.25, 0.3) is 0 Å². The lowest BCUT2D eigenvalue weighted by Gasteiger charge is -2.10. The lowest BCUT2D eigenvalue weighted by atomic mass is 10.2. The first-order valence-corrected chi connectivity index (χ1v) is 7.93. The van der Waals surface area contributed by atoms with Gasteiger partial charge < -0.3 is 14.8 Å². The maximum atomic E-state index is 6.13. The van der Waals surface area contributed by atoms with E-state index in [4.69, 9.17) is 32.7 Å². The highest BCUT2D eigenvalue weighted by Gasteiger charge is 2.01. The first-order valence-electron chi connectivity index (χ1n) is 7.17. The van der Waals surface area contributed by atoms with E-state index in [-0.39, 0.29) is 0 Å². The van der Waals surface area contributed by atoms with Gasteiger partial charge in [-0.2, -0.15) is 0 Å². The molecule has 0 amide bonds.